The zero-order chi connectivity index (χ0) is 44.0. The molecule has 4 aromatic carbocycles. The Bertz CT molecular complexity index is 3100. The van der Waals surface area contributed by atoms with E-state index in [1.807, 2.05) is 32.2 Å². The summed E-state index contributed by atoms with van der Waals surface area (Å²) in [6, 6.07) is 43.2. The number of benzene rings is 4. The maximum absolute atomic E-state index is 13.5. The molecule has 1 radical (unpaired) electrons. The molecule has 64 heavy (non-hydrogen) atoms. The molecule has 0 saturated heterocycles. The van der Waals surface area contributed by atoms with Gasteiger partial charge in [0.1, 0.15) is 0 Å². The van der Waals surface area contributed by atoms with E-state index in [0.29, 0.717) is 22.9 Å². The van der Waals surface area contributed by atoms with Crippen molar-refractivity contribution < 1.29 is 28.9 Å². The molecule has 1 saturated carbocycles. The Morgan fingerprint density at radius 2 is 1.53 bits per heavy atom. The van der Waals surface area contributed by atoms with Crippen LogP contribution in [0.1, 0.15) is 81.4 Å². The molecule has 9 heteroatoms. The number of hydrogen-bond donors (Lipinski definition) is 0. The molecule has 327 valence electrons. The summed E-state index contributed by atoms with van der Waals surface area (Å²) in [5, 5.41) is 3.33. The van der Waals surface area contributed by atoms with Crippen molar-refractivity contribution in [1.29, 1.82) is 0 Å². The van der Waals surface area contributed by atoms with Crippen molar-refractivity contribution in [2.24, 2.45) is 0 Å². The average molecular weight is 1040 g/mol. The Morgan fingerprint density at radius 3 is 2.23 bits per heavy atom. The normalized spacial score (nSPS) is 13.5. The minimum absolute atomic E-state index is 0. The largest absolute Gasteiger partial charge is 0.486 e. The third kappa shape index (κ3) is 8.91. The Hall–Kier alpha value is -5.60. The van der Waals surface area contributed by atoms with Crippen LogP contribution in [0.25, 0.3) is 72.6 Å². The number of aromatic nitrogens is 5. The fourth-order valence-corrected chi connectivity index (χ4v) is 9.90. The molecule has 0 aliphatic heterocycles. The number of hydrogen-bond acceptors (Lipinski definition) is 5. The number of furan rings is 1. The average Bonchev–Trinajstić information content (AvgIpc) is 3.85. The van der Waals surface area contributed by atoms with Gasteiger partial charge in [0.25, 0.3) is 0 Å². The van der Waals surface area contributed by atoms with E-state index in [-0.39, 0.29) is 31.3 Å². The minimum atomic E-state index is -1.34. The van der Waals surface area contributed by atoms with Gasteiger partial charge in [0.05, 0.1) is 36.2 Å². The third-order valence-electron chi connectivity index (χ3n) is 12.4. The molecule has 1 aliphatic rings. The second-order valence-electron chi connectivity index (χ2n) is 19.0. The van der Waals surface area contributed by atoms with Crippen LogP contribution in [0.3, 0.4) is 0 Å². The van der Waals surface area contributed by atoms with Gasteiger partial charge in [-0.05, 0) is 84.4 Å². The SMILES string of the molecule is C[Si](C)(C)c1ccc(-c2[c-]cccc2F)nc1.Cc1cc2c(nc(-c3[c-]ccc4c3oc3nc(C5CCCCC5)ccc34)n2-c2ccc(C(C)(C)C)cc2-c2ccccc2)c(C)n1.[Ir]. The topological polar surface area (TPSA) is 69.6 Å². The molecule has 1 aliphatic carbocycles. The van der Waals surface area contributed by atoms with Crippen LogP contribution < -0.4 is 5.19 Å². The van der Waals surface area contributed by atoms with E-state index in [0.717, 1.165) is 72.7 Å². The molecule has 9 aromatic rings. The van der Waals surface area contributed by atoms with E-state index in [1.54, 1.807) is 12.1 Å². The summed E-state index contributed by atoms with van der Waals surface area (Å²) in [4.78, 5) is 19.5. The van der Waals surface area contributed by atoms with Gasteiger partial charge in [-0.1, -0.05) is 125 Å². The molecule has 6 nitrogen and oxygen atoms in total. The first-order chi connectivity index (χ1) is 30.2. The molecule has 5 aromatic heterocycles. The van der Waals surface area contributed by atoms with Crippen molar-refractivity contribution in [2.45, 2.75) is 97.7 Å². The second-order valence-corrected chi connectivity index (χ2v) is 24.1. The molecule has 0 atom stereocenters. The Kier molecular flexibility index (Phi) is 12.7. The summed E-state index contributed by atoms with van der Waals surface area (Å²) >= 11 is 0. The van der Waals surface area contributed by atoms with Gasteiger partial charge in [-0.25, -0.2) is 4.98 Å². The molecule has 0 unspecified atom stereocenters. The number of rotatable bonds is 6. The van der Waals surface area contributed by atoms with Gasteiger partial charge in [0.15, 0.2) is 0 Å². The number of aryl methyl sites for hydroxylation is 2. The van der Waals surface area contributed by atoms with Gasteiger partial charge in [0, 0.05) is 66.1 Å². The first-order valence-electron chi connectivity index (χ1n) is 22.2. The molecule has 0 N–H and O–H groups in total. The van der Waals surface area contributed by atoms with Crippen LogP contribution in [0.15, 0.2) is 120 Å². The monoisotopic (exact) mass is 1040 g/mol. The molecule has 1 fully saturated rings. The van der Waals surface area contributed by atoms with Crippen molar-refractivity contribution in [3.63, 3.8) is 0 Å². The van der Waals surface area contributed by atoms with Crippen molar-refractivity contribution >= 4 is 46.4 Å². The molecule has 0 spiro atoms. The first-order valence-corrected chi connectivity index (χ1v) is 25.7. The van der Waals surface area contributed by atoms with Gasteiger partial charge < -0.3 is 14.0 Å². The van der Waals surface area contributed by atoms with Gasteiger partial charge >= 0.3 is 0 Å². The van der Waals surface area contributed by atoms with Crippen molar-refractivity contribution in [2.75, 3.05) is 0 Å². The van der Waals surface area contributed by atoms with E-state index in [4.69, 9.17) is 19.4 Å². The number of pyridine rings is 3. The van der Waals surface area contributed by atoms with E-state index in [2.05, 4.69) is 141 Å². The number of halogens is 1. The van der Waals surface area contributed by atoms with Crippen molar-refractivity contribution in [3.05, 3.63) is 156 Å². The van der Waals surface area contributed by atoms with E-state index < -0.39 is 8.07 Å². The standard InChI is InChI=1S/C41H39N4O.C14H15FNSi.Ir/c1-25-23-36-37(26(2)42-25)44-39(45(36)35-22-19-29(41(3,4)5)24-33(35)27-13-8-6-9-14-27)32-18-12-17-30-31-20-21-34(28-15-10-7-11-16-28)43-40(31)46-38(30)32;1-17(2,3)11-8-9-14(16-10-11)12-6-4-5-7-13(12)15;/h6,8-9,12-14,17,19-24,28H,7,10-11,15-16H2,1-5H3;4-5,7-10H,1-3H3;/q2*-1;. The molecular formula is C55H54FIrN5OSi-2. The summed E-state index contributed by atoms with van der Waals surface area (Å²) in [5.74, 6) is 1.01. The van der Waals surface area contributed by atoms with Crippen LogP contribution >= 0.6 is 0 Å². The summed E-state index contributed by atoms with van der Waals surface area (Å²) in [6.07, 6.45) is 8.13. The maximum Gasteiger partial charge on any atom is 0.216 e. The van der Waals surface area contributed by atoms with Crippen molar-refractivity contribution in [3.8, 4) is 39.5 Å². The Balaban J connectivity index is 0.000000262. The fourth-order valence-electron chi connectivity index (χ4n) is 8.86. The van der Waals surface area contributed by atoms with E-state index in [1.165, 1.54) is 48.9 Å². The van der Waals surface area contributed by atoms with E-state index in [9.17, 15) is 4.39 Å². The maximum atomic E-state index is 13.5. The molecule has 0 amide bonds. The van der Waals surface area contributed by atoms with Crippen LogP contribution in [0.5, 0.6) is 0 Å². The third-order valence-corrected chi connectivity index (χ3v) is 14.4. The number of imidazole rings is 1. The van der Waals surface area contributed by atoms with Crippen LogP contribution in [0.4, 0.5) is 4.39 Å². The quantitative estimate of drug-likeness (QED) is 0.123. The van der Waals surface area contributed by atoms with Crippen LogP contribution in [-0.4, -0.2) is 32.6 Å². The summed E-state index contributed by atoms with van der Waals surface area (Å²) in [7, 11) is -1.34. The van der Waals surface area contributed by atoms with Gasteiger partial charge in [-0.2, -0.15) is 0 Å². The van der Waals surface area contributed by atoms with Gasteiger partial charge in [-0.15, -0.1) is 42.5 Å². The van der Waals surface area contributed by atoms with Gasteiger partial charge in [0.2, 0.25) is 5.71 Å². The second kappa shape index (κ2) is 18.1. The van der Waals surface area contributed by atoms with E-state index >= 15 is 0 Å². The molecule has 5 heterocycles. The predicted molar refractivity (Wildman–Crippen MR) is 259 cm³/mol. The fraction of sp³-hybridized carbons (Fsp3) is 0.273. The predicted octanol–water partition coefficient (Wildman–Crippen LogP) is 14.0. The van der Waals surface area contributed by atoms with Crippen LogP contribution in [0.2, 0.25) is 19.6 Å². The zero-order valence-electron chi connectivity index (χ0n) is 37.9. The summed E-state index contributed by atoms with van der Waals surface area (Å²) in [5.41, 5.74) is 12.9. The van der Waals surface area contributed by atoms with Crippen LogP contribution in [-0.2, 0) is 25.5 Å². The molecular weight excluding hydrogens is 986 g/mol. The molecule has 10 rings (SSSR count). The minimum Gasteiger partial charge on any atom is -0.486 e. The zero-order valence-corrected chi connectivity index (χ0v) is 41.3. The smallest absolute Gasteiger partial charge is 0.216 e. The summed E-state index contributed by atoms with van der Waals surface area (Å²) < 4.78 is 22.5. The Morgan fingerprint density at radius 1 is 0.766 bits per heavy atom. The number of fused-ring (bicyclic) bond motifs is 4. The molecule has 0 bridgehead atoms. The first kappa shape index (κ1) is 45.0. The van der Waals surface area contributed by atoms with Gasteiger partial charge in [-0.3, -0.25) is 14.4 Å². The van der Waals surface area contributed by atoms with Crippen molar-refractivity contribution in [1.82, 2.24) is 24.5 Å². The number of nitrogens with zero attached hydrogens (tertiary/aromatic N) is 5. The summed E-state index contributed by atoms with van der Waals surface area (Å²) in [6.45, 7) is 17.7. The Labute approximate surface area is 390 Å². The van der Waals surface area contributed by atoms with Crippen LogP contribution in [0, 0.1) is 31.8 Å².